The van der Waals surface area contributed by atoms with Gasteiger partial charge < -0.3 is 9.15 Å². The van der Waals surface area contributed by atoms with Gasteiger partial charge in [-0.05, 0) is 24.3 Å². The lowest BCUT2D eigenvalue weighted by molar-refractivity contribution is -0.141. The lowest BCUT2D eigenvalue weighted by Gasteiger charge is -2.07. The molecule has 0 aliphatic rings. The summed E-state index contributed by atoms with van der Waals surface area (Å²) in [6, 6.07) is 8.69. The number of aromatic nitrogens is 2. The van der Waals surface area contributed by atoms with Gasteiger partial charge in [-0.15, -0.1) is 0 Å². The van der Waals surface area contributed by atoms with Crippen molar-refractivity contribution in [1.82, 2.24) is 9.55 Å². The molecule has 0 unspecified atom stereocenters. The summed E-state index contributed by atoms with van der Waals surface area (Å²) in [4.78, 5) is 27.0. The number of carbonyl (C=O) groups is 1. The fraction of sp³-hybridized carbons (Fsp3) is 0.133. The average Bonchev–Trinajstić information content (AvgIpc) is 2.90. The number of methoxy groups -OCH3 is 1. The molecule has 0 fully saturated rings. The molecule has 0 atom stereocenters. The standard InChI is InChI=1S/C15H13N3O6S/c1-23-14(19)9-18-11-6-5-10(8-12(11)24-15(18)20)25(21,22)17-13-4-2-3-7-16-13/h2-8H,9H2,1H3,(H,16,17). The van der Waals surface area contributed by atoms with Crippen LogP contribution in [0, 0.1) is 0 Å². The van der Waals surface area contributed by atoms with Gasteiger partial charge in [0.1, 0.15) is 12.4 Å². The normalized spacial score (nSPS) is 11.4. The minimum absolute atomic E-state index is 0.0396. The van der Waals surface area contributed by atoms with Crippen molar-refractivity contribution in [1.29, 1.82) is 0 Å². The van der Waals surface area contributed by atoms with E-state index in [0.717, 1.165) is 4.57 Å². The zero-order valence-corrected chi connectivity index (χ0v) is 13.8. The van der Waals surface area contributed by atoms with Gasteiger partial charge in [-0.25, -0.2) is 18.2 Å². The van der Waals surface area contributed by atoms with Crippen LogP contribution in [0.4, 0.5) is 5.82 Å². The largest absolute Gasteiger partial charge is 0.468 e. The van der Waals surface area contributed by atoms with E-state index < -0.39 is 21.7 Å². The maximum absolute atomic E-state index is 12.4. The Morgan fingerprint density at radius 3 is 2.80 bits per heavy atom. The Hall–Kier alpha value is -3.14. The van der Waals surface area contributed by atoms with Crippen molar-refractivity contribution < 1.29 is 22.4 Å². The van der Waals surface area contributed by atoms with Crippen LogP contribution in [0.1, 0.15) is 0 Å². The minimum atomic E-state index is -3.91. The molecule has 0 amide bonds. The van der Waals surface area contributed by atoms with Gasteiger partial charge in [0.05, 0.1) is 17.5 Å². The number of benzene rings is 1. The fourth-order valence-corrected chi connectivity index (χ4v) is 3.20. The van der Waals surface area contributed by atoms with Gasteiger partial charge in [0.25, 0.3) is 10.0 Å². The number of rotatable bonds is 5. The minimum Gasteiger partial charge on any atom is -0.468 e. The molecule has 0 bridgehead atoms. The number of sulfonamides is 1. The highest BCUT2D eigenvalue weighted by Gasteiger charge is 2.19. The van der Waals surface area contributed by atoms with Crippen molar-refractivity contribution in [3.63, 3.8) is 0 Å². The predicted molar refractivity (Wildman–Crippen MR) is 87.5 cm³/mol. The van der Waals surface area contributed by atoms with E-state index in [2.05, 4.69) is 14.4 Å². The van der Waals surface area contributed by atoms with Crippen molar-refractivity contribution in [2.45, 2.75) is 11.4 Å². The quantitative estimate of drug-likeness (QED) is 0.670. The average molecular weight is 363 g/mol. The first-order valence-corrected chi connectivity index (χ1v) is 8.53. The van der Waals surface area contributed by atoms with Crippen LogP contribution in [-0.2, 0) is 26.1 Å². The first-order valence-electron chi connectivity index (χ1n) is 7.05. The molecule has 10 heteroatoms. The number of fused-ring (bicyclic) bond motifs is 1. The van der Waals surface area contributed by atoms with Crippen molar-refractivity contribution in [2.75, 3.05) is 11.8 Å². The molecule has 0 saturated carbocycles. The van der Waals surface area contributed by atoms with Gasteiger partial charge in [0, 0.05) is 12.3 Å². The van der Waals surface area contributed by atoms with E-state index in [-0.39, 0.29) is 28.4 Å². The summed E-state index contributed by atoms with van der Waals surface area (Å²) >= 11 is 0. The highest BCUT2D eigenvalue weighted by Crippen LogP contribution is 2.20. The maximum atomic E-state index is 12.4. The second-order valence-corrected chi connectivity index (χ2v) is 6.66. The molecular formula is C15H13N3O6S. The van der Waals surface area contributed by atoms with Crippen LogP contribution in [0.5, 0.6) is 0 Å². The van der Waals surface area contributed by atoms with E-state index in [9.17, 15) is 18.0 Å². The topological polar surface area (TPSA) is 120 Å². The molecule has 0 aliphatic heterocycles. The predicted octanol–water partition coefficient (Wildman–Crippen LogP) is 0.963. The molecule has 1 aromatic carbocycles. The molecule has 3 rings (SSSR count). The Labute approximate surface area is 141 Å². The number of hydrogen-bond donors (Lipinski definition) is 1. The van der Waals surface area contributed by atoms with Crippen molar-refractivity contribution in [3.8, 4) is 0 Å². The van der Waals surface area contributed by atoms with Crippen LogP contribution < -0.4 is 10.5 Å². The molecule has 25 heavy (non-hydrogen) atoms. The van der Waals surface area contributed by atoms with E-state index >= 15 is 0 Å². The molecule has 2 aromatic heterocycles. The maximum Gasteiger partial charge on any atom is 0.420 e. The molecule has 3 aromatic rings. The Bertz CT molecular complexity index is 1090. The van der Waals surface area contributed by atoms with Crippen molar-refractivity contribution in [3.05, 3.63) is 53.1 Å². The molecule has 130 valence electrons. The van der Waals surface area contributed by atoms with Crippen LogP contribution in [0.2, 0.25) is 0 Å². The molecule has 0 aliphatic carbocycles. The smallest absolute Gasteiger partial charge is 0.420 e. The number of pyridine rings is 1. The van der Waals surface area contributed by atoms with Crippen molar-refractivity contribution >= 4 is 32.9 Å². The third-order valence-corrected chi connectivity index (χ3v) is 4.72. The van der Waals surface area contributed by atoms with E-state index in [1.165, 1.54) is 37.6 Å². The number of nitrogens with zero attached hydrogens (tertiary/aromatic N) is 2. The first-order chi connectivity index (χ1) is 11.9. The highest BCUT2D eigenvalue weighted by molar-refractivity contribution is 7.92. The number of hydrogen-bond acceptors (Lipinski definition) is 7. The third kappa shape index (κ3) is 3.38. The number of ether oxygens (including phenoxy) is 1. The lowest BCUT2D eigenvalue weighted by Crippen LogP contribution is -2.20. The summed E-state index contributed by atoms with van der Waals surface area (Å²) < 4.78 is 37.7. The first kappa shape index (κ1) is 16.7. The summed E-state index contributed by atoms with van der Waals surface area (Å²) in [6.07, 6.45) is 1.45. The van der Waals surface area contributed by atoms with Gasteiger partial charge >= 0.3 is 11.7 Å². The van der Waals surface area contributed by atoms with Crippen LogP contribution in [0.25, 0.3) is 11.1 Å². The molecule has 2 heterocycles. The summed E-state index contributed by atoms with van der Waals surface area (Å²) in [7, 11) is -2.71. The Balaban J connectivity index is 1.99. The van der Waals surface area contributed by atoms with Gasteiger partial charge in [-0.3, -0.25) is 14.1 Å². The molecule has 1 N–H and O–H groups in total. The zero-order chi connectivity index (χ0) is 18.0. The lowest BCUT2D eigenvalue weighted by atomic mass is 10.3. The van der Waals surface area contributed by atoms with Gasteiger partial charge in [0.2, 0.25) is 0 Å². The van der Waals surface area contributed by atoms with E-state index in [1.54, 1.807) is 12.1 Å². The molecular weight excluding hydrogens is 350 g/mol. The van der Waals surface area contributed by atoms with Crippen LogP contribution in [0.3, 0.4) is 0 Å². The van der Waals surface area contributed by atoms with Crippen molar-refractivity contribution in [2.24, 2.45) is 0 Å². The number of carbonyl (C=O) groups excluding carboxylic acids is 1. The van der Waals surface area contributed by atoms with Gasteiger partial charge in [-0.1, -0.05) is 6.07 Å². The van der Waals surface area contributed by atoms with E-state index in [0.29, 0.717) is 0 Å². The SMILES string of the molecule is COC(=O)Cn1c(=O)oc2cc(S(=O)(=O)Nc3ccccn3)ccc21. The Morgan fingerprint density at radius 1 is 1.32 bits per heavy atom. The zero-order valence-electron chi connectivity index (χ0n) is 13.0. The van der Waals surface area contributed by atoms with E-state index in [4.69, 9.17) is 4.42 Å². The van der Waals surface area contributed by atoms with Crippen LogP contribution in [0.15, 0.2) is 56.7 Å². The third-order valence-electron chi connectivity index (χ3n) is 3.37. The number of anilines is 1. The number of oxazole rings is 1. The Morgan fingerprint density at radius 2 is 2.12 bits per heavy atom. The fourth-order valence-electron chi connectivity index (χ4n) is 2.18. The summed E-state index contributed by atoms with van der Waals surface area (Å²) in [6.45, 7) is -0.333. The summed E-state index contributed by atoms with van der Waals surface area (Å²) in [5, 5.41) is 0. The van der Waals surface area contributed by atoms with E-state index in [1.807, 2.05) is 0 Å². The Kier molecular flexibility index (Phi) is 4.28. The second-order valence-electron chi connectivity index (χ2n) is 4.98. The number of esters is 1. The van der Waals surface area contributed by atoms with Crippen LogP contribution in [-0.4, -0.2) is 31.0 Å². The second kappa shape index (κ2) is 6.40. The summed E-state index contributed by atoms with van der Waals surface area (Å²) in [5.41, 5.74) is 0.324. The molecule has 0 spiro atoms. The van der Waals surface area contributed by atoms with Gasteiger partial charge in [-0.2, -0.15) is 0 Å². The molecule has 0 radical (unpaired) electrons. The van der Waals surface area contributed by atoms with Gasteiger partial charge in [0.15, 0.2) is 5.58 Å². The summed E-state index contributed by atoms with van der Waals surface area (Å²) in [5.74, 6) is -1.25. The van der Waals surface area contributed by atoms with Crippen LogP contribution >= 0.6 is 0 Å². The monoisotopic (exact) mass is 363 g/mol. The molecule has 9 nitrogen and oxygen atoms in total. The molecule has 0 saturated heterocycles. The highest BCUT2D eigenvalue weighted by atomic mass is 32.2. The number of nitrogens with one attached hydrogen (secondary N) is 1.